The number of benzene rings is 2. The van der Waals surface area contributed by atoms with Crippen molar-refractivity contribution in [3.8, 4) is 0 Å². The number of amides is 1. The quantitative estimate of drug-likeness (QED) is 0.262. The van der Waals surface area contributed by atoms with E-state index in [1.165, 1.54) is 13.5 Å². The minimum atomic E-state index is -3.48. The molecule has 0 bridgehead atoms. The fourth-order valence-electron chi connectivity index (χ4n) is 10.6. The molecule has 6 aliphatic rings. The Bertz CT molecular complexity index is 1750. The third kappa shape index (κ3) is 7.56. The van der Waals surface area contributed by atoms with E-state index >= 15 is 4.39 Å². The average molecular weight is 764 g/mol. The number of hydrogen-bond donors (Lipinski definition) is 0. The summed E-state index contributed by atoms with van der Waals surface area (Å²) in [4.78, 5) is 36.7. The lowest BCUT2D eigenvalue weighted by atomic mass is 9.56. The van der Waals surface area contributed by atoms with Crippen LogP contribution in [0.25, 0.3) is 0 Å². The van der Waals surface area contributed by atoms with Gasteiger partial charge in [0.1, 0.15) is 11.1 Å². The first-order valence-corrected chi connectivity index (χ1v) is 22.0. The Hall–Kier alpha value is -3.06. The lowest BCUT2D eigenvalue weighted by molar-refractivity contribution is -0.142. The Kier molecular flexibility index (Phi) is 11.1. The Balaban J connectivity index is 0.869. The molecule has 5 heterocycles. The fraction of sp³-hybridized carbons (Fsp3) is 0.667. The highest BCUT2D eigenvalue weighted by Crippen LogP contribution is 2.54. The summed E-state index contributed by atoms with van der Waals surface area (Å²) in [7, 11) is -2.00. The number of piperidine rings is 1. The number of esters is 1. The Morgan fingerprint density at radius 1 is 0.833 bits per heavy atom. The molecular formula is C42H58FN5O5S. The summed E-state index contributed by atoms with van der Waals surface area (Å²) in [6.45, 7) is 10.9. The summed E-state index contributed by atoms with van der Waals surface area (Å²) in [6, 6.07) is 14.7. The number of sulfone groups is 1. The first-order chi connectivity index (χ1) is 26.1. The van der Waals surface area contributed by atoms with Gasteiger partial charge in [-0.1, -0.05) is 18.6 Å². The third-order valence-corrected chi connectivity index (χ3v) is 16.1. The van der Waals surface area contributed by atoms with Gasteiger partial charge in [-0.15, -0.1) is 0 Å². The fourth-order valence-corrected chi connectivity index (χ4v) is 12.3. The molecule has 0 radical (unpaired) electrons. The van der Waals surface area contributed by atoms with Crippen LogP contribution in [-0.2, 0) is 29.6 Å². The SMILES string of the molecule is COC(=O)C[C@H]1CCC[C@@H]1[C@](CN1CCC1)(c1cccc(F)c1)C1CCN(CC2CN(c3ccc(S(=O)(=O)C4CN(C(=O)CN5CCC5)C4)cc3)C2)CC1. The highest BCUT2D eigenvalue weighted by atomic mass is 32.2. The standard InChI is InChI=1S/C42H58FN5O5S/c1-53-41(50)22-32-6-2-9-39(32)42(30-46-18-5-19-46,34-7-3-8-35(43)23-34)33-14-20-45(21-15-33)24-31-25-47(26-31)36-10-12-37(13-11-36)54(51,52)38-27-48(28-38)40(49)29-44-16-4-17-44/h3,7-8,10-13,23,31-33,38-39H,2,4-6,9,14-22,24-30H2,1H3/t32-,39+,42+/m1/s1. The molecule has 12 heteroatoms. The second-order valence-electron chi connectivity index (χ2n) is 17.2. The number of ether oxygens (including phenoxy) is 1. The summed E-state index contributed by atoms with van der Waals surface area (Å²) >= 11 is 0. The number of methoxy groups -OCH3 is 1. The van der Waals surface area contributed by atoms with Crippen LogP contribution in [0.2, 0.25) is 0 Å². The molecule has 5 saturated heterocycles. The van der Waals surface area contributed by atoms with E-state index in [1.54, 1.807) is 29.2 Å². The van der Waals surface area contributed by atoms with Crippen molar-refractivity contribution in [1.29, 1.82) is 0 Å². The molecule has 0 spiro atoms. The largest absolute Gasteiger partial charge is 0.469 e. The van der Waals surface area contributed by atoms with Crippen molar-refractivity contribution in [2.45, 2.75) is 66.9 Å². The predicted octanol–water partition coefficient (Wildman–Crippen LogP) is 4.29. The first-order valence-electron chi connectivity index (χ1n) is 20.5. The lowest BCUT2D eigenvalue weighted by Gasteiger charge is -2.54. The van der Waals surface area contributed by atoms with Crippen LogP contribution < -0.4 is 4.90 Å². The number of anilines is 1. The van der Waals surface area contributed by atoms with Crippen molar-refractivity contribution in [2.24, 2.45) is 23.7 Å². The van der Waals surface area contributed by atoms with Gasteiger partial charge < -0.3 is 24.3 Å². The Morgan fingerprint density at radius 2 is 1.54 bits per heavy atom. The molecule has 2 aromatic carbocycles. The maximum atomic E-state index is 15.0. The van der Waals surface area contributed by atoms with E-state index in [0.717, 1.165) is 115 Å². The molecular weight excluding hydrogens is 706 g/mol. The van der Waals surface area contributed by atoms with E-state index in [1.807, 2.05) is 18.2 Å². The van der Waals surface area contributed by atoms with Gasteiger partial charge in [-0.2, -0.15) is 0 Å². The molecule has 1 aliphatic carbocycles. The van der Waals surface area contributed by atoms with Crippen LogP contribution >= 0.6 is 0 Å². The van der Waals surface area contributed by atoms with Gasteiger partial charge >= 0.3 is 5.97 Å². The topological polar surface area (TPSA) is 93.7 Å². The summed E-state index contributed by atoms with van der Waals surface area (Å²) < 4.78 is 46.8. The maximum absolute atomic E-state index is 15.0. The lowest BCUT2D eigenvalue weighted by Crippen LogP contribution is -2.59. The third-order valence-electron chi connectivity index (χ3n) is 14.0. The average Bonchev–Trinajstić information content (AvgIpc) is 3.55. The first kappa shape index (κ1) is 37.8. The molecule has 0 unspecified atom stereocenters. The number of carbonyl (C=O) groups is 2. The van der Waals surface area contributed by atoms with Gasteiger partial charge in [0, 0.05) is 62.7 Å². The van der Waals surface area contributed by atoms with Gasteiger partial charge in [0.15, 0.2) is 9.84 Å². The van der Waals surface area contributed by atoms with Gasteiger partial charge in [-0.05, 0) is 138 Å². The van der Waals surface area contributed by atoms with Crippen molar-refractivity contribution in [2.75, 3.05) is 97.1 Å². The van der Waals surface area contributed by atoms with Crippen LogP contribution in [0.4, 0.5) is 10.1 Å². The van der Waals surface area contributed by atoms with E-state index in [9.17, 15) is 18.0 Å². The molecule has 1 saturated carbocycles. The highest BCUT2D eigenvalue weighted by Gasteiger charge is 2.53. The van der Waals surface area contributed by atoms with Crippen molar-refractivity contribution in [1.82, 2.24) is 19.6 Å². The van der Waals surface area contributed by atoms with Crippen LogP contribution in [0.3, 0.4) is 0 Å². The zero-order valence-electron chi connectivity index (χ0n) is 31.9. The zero-order chi connectivity index (χ0) is 37.5. The molecule has 10 nitrogen and oxygen atoms in total. The maximum Gasteiger partial charge on any atom is 0.305 e. The van der Waals surface area contributed by atoms with Crippen LogP contribution in [0.1, 0.15) is 56.9 Å². The monoisotopic (exact) mass is 763 g/mol. The van der Waals surface area contributed by atoms with E-state index in [2.05, 4.69) is 25.7 Å². The molecule has 0 aromatic heterocycles. The smallest absolute Gasteiger partial charge is 0.305 e. The van der Waals surface area contributed by atoms with Gasteiger partial charge in [-0.3, -0.25) is 14.5 Å². The highest BCUT2D eigenvalue weighted by molar-refractivity contribution is 7.92. The Morgan fingerprint density at radius 3 is 2.17 bits per heavy atom. The number of hydrogen-bond acceptors (Lipinski definition) is 9. The Labute approximate surface area is 320 Å². The molecule has 3 atom stereocenters. The molecule has 0 N–H and O–H groups in total. The number of nitrogens with zero attached hydrogens (tertiary/aromatic N) is 5. The van der Waals surface area contributed by atoms with Crippen molar-refractivity contribution in [3.05, 3.63) is 59.9 Å². The minimum absolute atomic E-state index is 0.0296. The van der Waals surface area contributed by atoms with Crippen molar-refractivity contribution < 1.29 is 27.1 Å². The molecule has 2 aromatic rings. The summed E-state index contributed by atoms with van der Waals surface area (Å²) in [5, 5.41) is -0.532. The second kappa shape index (κ2) is 15.8. The van der Waals surface area contributed by atoms with Crippen molar-refractivity contribution >= 4 is 27.4 Å². The van der Waals surface area contributed by atoms with E-state index in [-0.39, 0.29) is 42.1 Å². The molecule has 294 valence electrons. The number of rotatable bonds is 14. The summed E-state index contributed by atoms with van der Waals surface area (Å²) in [5.41, 5.74) is 1.96. The van der Waals surface area contributed by atoms with Crippen LogP contribution in [0.15, 0.2) is 53.4 Å². The molecule has 1 amide bonds. The van der Waals surface area contributed by atoms with Crippen LogP contribution in [0.5, 0.6) is 0 Å². The van der Waals surface area contributed by atoms with Crippen LogP contribution in [-0.4, -0.2) is 137 Å². The van der Waals surface area contributed by atoms with Gasteiger partial charge in [-0.25, -0.2) is 12.8 Å². The zero-order valence-corrected chi connectivity index (χ0v) is 32.7. The summed E-state index contributed by atoms with van der Waals surface area (Å²) in [5.74, 6) is 1.22. The number of halogens is 1. The number of carbonyl (C=O) groups excluding carboxylic acids is 2. The van der Waals surface area contributed by atoms with E-state index < -0.39 is 15.1 Å². The van der Waals surface area contributed by atoms with Gasteiger partial charge in [0.2, 0.25) is 5.91 Å². The molecule has 54 heavy (non-hydrogen) atoms. The molecule has 5 aliphatic heterocycles. The normalized spacial score (nSPS) is 26.0. The van der Waals surface area contributed by atoms with E-state index in [0.29, 0.717) is 35.6 Å². The molecule has 6 fully saturated rings. The predicted molar refractivity (Wildman–Crippen MR) is 207 cm³/mol. The van der Waals surface area contributed by atoms with Gasteiger partial charge in [0.05, 0.1) is 18.6 Å². The van der Waals surface area contributed by atoms with E-state index in [4.69, 9.17) is 4.74 Å². The molecule has 8 rings (SSSR count). The minimum Gasteiger partial charge on any atom is -0.469 e. The van der Waals surface area contributed by atoms with Crippen molar-refractivity contribution in [3.63, 3.8) is 0 Å². The second-order valence-corrected chi connectivity index (χ2v) is 19.4. The number of likely N-dealkylation sites (tertiary alicyclic amines) is 4. The van der Waals surface area contributed by atoms with Gasteiger partial charge in [0.25, 0.3) is 0 Å². The summed E-state index contributed by atoms with van der Waals surface area (Å²) in [6.07, 6.45) is 8.07. The van der Waals surface area contributed by atoms with Crippen LogP contribution in [0, 0.1) is 29.5 Å².